The van der Waals surface area contributed by atoms with E-state index in [1.54, 1.807) is 0 Å². The van der Waals surface area contributed by atoms with Gasteiger partial charge in [0.05, 0.1) is 0 Å². The van der Waals surface area contributed by atoms with Crippen LogP contribution in [0.3, 0.4) is 0 Å². The molecule has 1 aromatic rings. The van der Waals surface area contributed by atoms with E-state index in [4.69, 9.17) is 4.74 Å². The average Bonchev–Trinajstić information content (AvgIpc) is 2.70. The summed E-state index contributed by atoms with van der Waals surface area (Å²) in [6, 6.07) is 6.43. The third kappa shape index (κ3) is 5.30. The number of carbonyl (C=O) groups is 2. The molecule has 27 heavy (non-hydrogen) atoms. The zero-order chi connectivity index (χ0) is 19.2. The Labute approximate surface area is 161 Å². The van der Waals surface area contributed by atoms with Crippen molar-refractivity contribution in [3.63, 3.8) is 0 Å². The first-order valence-electron chi connectivity index (χ1n) is 10.0. The van der Waals surface area contributed by atoms with E-state index in [1.165, 1.54) is 0 Å². The summed E-state index contributed by atoms with van der Waals surface area (Å²) in [6.45, 7) is 8.30. The number of rotatable bonds is 4. The molecular weight excluding hydrogens is 342 g/mol. The molecule has 6 heteroatoms. The van der Waals surface area contributed by atoms with Crippen LogP contribution in [-0.4, -0.2) is 55.6 Å². The van der Waals surface area contributed by atoms with E-state index in [2.05, 4.69) is 15.5 Å². The zero-order valence-corrected chi connectivity index (χ0v) is 16.4. The van der Waals surface area contributed by atoms with Gasteiger partial charge in [-0.25, -0.2) is 0 Å². The molecule has 0 atom stereocenters. The molecule has 0 unspecified atom stereocenters. The second kappa shape index (κ2) is 9.33. The van der Waals surface area contributed by atoms with Crippen LogP contribution in [0.2, 0.25) is 0 Å². The smallest absolute Gasteiger partial charge is 0.313 e. The Bertz CT molecular complexity index is 642. The number of anilines is 1. The second-order valence-corrected chi connectivity index (χ2v) is 7.75. The number of ether oxygens (including phenoxy) is 1. The summed E-state index contributed by atoms with van der Waals surface area (Å²) < 4.78 is 5.44. The molecule has 3 rings (SSSR count). The summed E-state index contributed by atoms with van der Waals surface area (Å²) in [5, 5.41) is 5.56. The molecule has 0 radical (unpaired) electrons. The SMILES string of the molecule is Cc1cccc(C)c1NC(=O)C(=O)NCC1CCN(C2CCOCC2)CC1. The van der Waals surface area contributed by atoms with E-state index < -0.39 is 11.8 Å². The molecule has 2 amide bonds. The van der Waals surface area contributed by atoms with Gasteiger partial charge in [-0.2, -0.15) is 0 Å². The van der Waals surface area contributed by atoms with Crippen LogP contribution in [-0.2, 0) is 14.3 Å². The average molecular weight is 373 g/mol. The first-order chi connectivity index (χ1) is 13.0. The first kappa shape index (κ1) is 19.8. The van der Waals surface area contributed by atoms with Gasteiger partial charge in [0.15, 0.2) is 0 Å². The zero-order valence-electron chi connectivity index (χ0n) is 16.4. The normalized spacial score (nSPS) is 19.6. The molecular formula is C21H31N3O3. The highest BCUT2D eigenvalue weighted by Gasteiger charge is 2.27. The highest BCUT2D eigenvalue weighted by atomic mass is 16.5. The molecule has 0 aliphatic carbocycles. The maximum atomic E-state index is 12.2. The third-order valence-electron chi connectivity index (χ3n) is 5.83. The highest BCUT2D eigenvalue weighted by Crippen LogP contribution is 2.23. The Morgan fingerprint density at radius 3 is 2.30 bits per heavy atom. The molecule has 0 bridgehead atoms. The van der Waals surface area contributed by atoms with Gasteiger partial charge in [-0.05, 0) is 69.7 Å². The van der Waals surface area contributed by atoms with Crippen molar-refractivity contribution < 1.29 is 14.3 Å². The first-order valence-corrected chi connectivity index (χ1v) is 10.0. The predicted molar refractivity (Wildman–Crippen MR) is 106 cm³/mol. The number of nitrogens with zero attached hydrogens (tertiary/aromatic N) is 1. The molecule has 148 valence electrons. The molecule has 0 saturated carbocycles. The number of aryl methyl sites for hydroxylation is 2. The summed E-state index contributed by atoms with van der Waals surface area (Å²) >= 11 is 0. The van der Waals surface area contributed by atoms with Crippen molar-refractivity contribution in [3.8, 4) is 0 Å². The Hall–Kier alpha value is -1.92. The third-order valence-corrected chi connectivity index (χ3v) is 5.83. The number of carbonyl (C=O) groups excluding carboxylic acids is 2. The van der Waals surface area contributed by atoms with Crippen molar-refractivity contribution in [1.29, 1.82) is 0 Å². The predicted octanol–water partition coefficient (Wildman–Crippen LogP) is 2.25. The number of nitrogens with one attached hydrogen (secondary N) is 2. The van der Waals surface area contributed by atoms with Gasteiger partial charge in [0.2, 0.25) is 0 Å². The van der Waals surface area contributed by atoms with E-state index in [-0.39, 0.29) is 0 Å². The van der Waals surface area contributed by atoms with Gasteiger partial charge in [0.25, 0.3) is 0 Å². The molecule has 2 fully saturated rings. The second-order valence-electron chi connectivity index (χ2n) is 7.75. The Morgan fingerprint density at radius 2 is 1.67 bits per heavy atom. The van der Waals surface area contributed by atoms with Crippen LogP contribution in [0.5, 0.6) is 0 Å². The lowest BCUT2D eigenvalue weighted by Crippen LogP contribution is -2.46. The van der Waals surface area contributed by atoms with Crippen molar-refractivity contribution >= 4 is 17.5 Å². The van der Waals surface area contributed by atoms with Crippen LogP contribution >= 0.6 is 0 Å². The fraction of sp³-hybridized carbons (Fsp3) is 0.619. The molecule has 6 nitrogen and oxygen atoms in total. The number of piperidine rings is 1. The van der Waals surface area contributed by atoms with Crippen LogP contribution in [0.4, 0.5) is 5.69 Å². The molecule has 0 spiro atoms. The van der Waals surface area contributed by atoms with Gasteiger partial charge in [-0.15, -0.1) is 0 Å². The number of hydrogen-bond donors (Lipinski definition) is 2. The van der Waals surface area contributed by atoms with E-state index in [0.717, 1.165) is 68.8 Å². The van der Waals surface area contributed by atoms with Gasteiger partial charge in [-0.1, -0.05) is 18.2 Å². The van der Waals surface area contributed by atoms with E-state index >= 15 is 0 Å². The van der Waals surface area contributed by atoms with E-state index in [9.17, 15) is 9.59 Å². The van der Waals surface area contributed by atoms with Crippen molar-refractivity contribution in [1.82, 2.24) is 10.2 Å². The number of para-hydroxylation sites is 1. The molecule has 2 N–H and O–H groups in total. The largest absolute Gasteiger partial charge is 0.381 e. The van der Waals surface area contributed by atoms with Crippen LogP contribution < -0.4 is 10.6 Å². The number of benzene rings is 1. The Morgan fingerprint density at radius 1 is 1.04 bits per heavy atom. The van der Waals surface area contributed by atoms with E-state index in [1.807, 2.05) is 32.0 Å². The van der Waals surface area contributed by atoms with Gasteiger partial charge < -0.3 is 20.3 Å². The topological polar surface area (TPSA) is 70.7 Å². The maximum Gasteiger partial charge on any atom is 0.313 e. The van der Waals surface area contributed by atoms with Gasteiger partial charge in [0, 0.05) is 31.5 Å². The van der Waals surface area contributed by atoms with Crippen LogP contribution in [0.15, 0.2) is 18.2 Å². The summed E-state index contributed by atoms with van der Waals surface area (Å²) in [5.41, 5.74) is 2.63. The Kier molecular flexibility index (Phi) is 6.85. The van der Waals surface area contributed by atoms with Crippen LogP contribution in [0.1, 0.15) is 36.8 Å². The minimum Gasteiger partial charge on any atom is -0.381 e. The van der Waals surface area contributed by atoms with Gasteiger partial charge >= 0.3 is 11.8 Å². The van der Waals surface area contributed by atoms with Gasteiger partial charge in [0.1, 0.15) is 0 Å². The highest BCUT2D eigenvalue weighted by molar-refractivity contribution is 6.39. The molecule has 1 aromatic carbocycles. The van der Waals surface area contributed by atoms with Crippen molar-refractivity contribution in [2.45, 2.75) is 45.6 Å². The van der Waals surface area contributed by atoms with Gasteiger partial charge in [-0.3, -0.25) is 9.59 Å². The minimum absolute atomic E-state index is 0.443. The number of likely N-dealkylation sites (tertiary alicyclic amines) is 1. The fourth-order valence-corrected chi connectivity index (χ4v) is 4.07. The molecule has 2 saturated heterocycles. The summed E-state index contributed by atoms with van der Waals surface area (Å²) in [7, 11) is 0. The molecule has 0 aromatic heterocycles. The lowest BCUT2D eigenvalue weighted by molar-refractivity contribution is -0.136. The molecule has 2 aliphatic heterocycles. The maximum absolute atomic E-state index is 12.2. The summed E-state index contributed by atoms with van der Waals surface area (Å²) in [5.74, 6) is -0.699. The van der Waals surface area contributed by atoms with Crippen LogP contribution in [0, 0.1) is 19.8 Å². The van der Waals surface area contributed by atoms with Crippen molar-refractivity contribution in [2.24, 2.45) is 5.92 Å². The summed E-state index contributed by atoms with van der Waals surface area (Å²) in [4.78, 5) is 26.9. The monoisotopic (exact) mass is 373 g/mol. The molecule has 2 aliphatic rings. The lowest BCUT2D eigenvalue weighted by Gasteiger charge is -2.39. The van der Waals surface area contributed by atoms with Crippen LogP contribution in [0.25, 0.3) is 0 Å². The molecule has 2 heterocycles. The van der Waals surface area contributed by atoms with Crippen molar-refractivity contribution in [2.75, 3.05) is 38.2 Å². The quantitative estimate of drug-likeness (QED) is 0.794. The Balaban J connectivity index is 1.41. The number of hydrogen-bond acceptors (Lipinski definition) is 4. The standard InChI is InChI=1S/C21H31N3O3/c1-15-4-3-5-16(2)19(15)23-21(26)20(25)22-14-17-6-10-24(11-7-17)18-8-12-27-13-9-18/h3-5,17-18H,6-14H2,1-2H3,(H,22,25)(H,23,26). The fourth-order valence-electron chi connectivity index (χ4n) is 4.07. The van der Waals surface area contributed by atoms with Crippen molar-refractivity contribution in [3.05, 3.63) is 29.3 Å². The summed E-state index contributed by atoms with van der Waals surface area (Å²) in [6.07, 6.45) is 4.38. The lowest BCUT2D eigenvalue weighted by atomic mass is 9.94. The van der Waals surface area contributed by atoms with E-state index in [0.29, 0.717) is 18.5 Å². The number of amides is 2. The minimum atomic E-state index is -0.591.